The largest absolute Gasteiger partial charge is 0.433 e. The van der Waals surface area contributed by atoms with Crippen molar-refractivity contribution in [2.24, 2.45) is 0 Å². The minimum Gasteiger partial charge on any atom is -0.263 e. The highest BCUT2D eigenvalue weighted by molar-refractivity contribution is 7.92. The van der Waals surface area contributed by atoms with Crippen LogP contribution in [0, 0.1) is 0 Å². The molecule has 0 unspecified atom stereocenters. The van der Waals surface area contributed by atoms with Gasteiger partial charge in [0.1, 0.15) is 11.5 Å². The highest BCUT2D eigenvalue weighted by Gasteiger charge is 2.38. The van der Waals surface area contributed by atoms with Crippen molar-refractivity contribution in [3.05, 3.63) is 53.2 Å². The van der Waals surface area contributed by atoms with E-state index in [1.807, 2.05) is 0 Å². The van der Waals surface area contributed by atoms with Gasteiger partial charge in [-0.15, -0.1) is 0 Å². The van der Waals surface area contributed by atoms with Crippen molar-refractivity contribution in [2.45, 2.75) is 23.4 Å². The van der Waals surface area contributed by atoms with E-state index >= 15 is 0 Å². The molecule has 0 amide bonds. The summed E-state index contributed by atoms with van der Waals surface area (Å²) in [5.41, 5.74) is -5.03. The lowest BCUT2D eigenvalue weighted by molar-refractivity contribution is -0.145. The van der Waals surface area contributed by atoms with Crippen molar-refractivity contribution in [3.8, 4) is 0 Å². The van der Waals surface area contributed by atoms with Gasteiger partial charge in [0.25, 0.3) is 10.0 Å². The van der Waals surface area contributed by atoms with Crippen LogP contribution in [-0.2, 0) is 28.6 Å². The molecule has 0 aliphatic carbocycles. The summed E-state index contributed by atoms with van der Waals surface area (Å²) in [5.74, 6) is -1.30. The van der Waals surface area contributed by atoms with E-state index in [0.717, 1.165) is 0 Å². The molecule has 1 N–H and O–H groups in total. The molecule has 154 valence electrons. The summed E-state index contributed by atoms with van der Waals surface area (Å²) in [6.07, 6.45) is -15.3. The number of nitrogens with zero attached hydrogens (tertiary/aromatic N) is 1. The van der Waals surface area contributed by atoms with Crippen LogP contribution in [0.15, 0.2) is 41.3 Å². The van der Waals surface area contributed by atoms with Crippen LogP contribution >= 0.6 is 0 Å². The summed E-state index contributed by atoms with van der Waals surface area (Å²) in [5, 5.41) is 0. The number of hydrogen-bond donors (Lipinski definition) is 1. The Morgan fingerprint density at radius 2 is 1.21 bits per heavy atom. The second-order valence-corrected chi connectivity index (χ2v) is 6.93. The topological polar surface area (TPSA) is 59.1 Å². The van der Waals surface area contributed by atoms with Gasteiger partial charge in [0.05, 0.1) is 16.0 Å². The third-order valence-corrected chi connectivity index (χ3v) is 4.54. The maximum Gasteiger partial charge on any atom is 0.433 e. The maximum absolute atomic E-state index is 12.8. The fraction of sp³-hybridized carbons (Fsp3) is 0.214. The molecule has 0 bridgehead atoms. The molecule has 0 aliphatic rings. The zero-order valence-corrected chi connectivity index (χ0v) is 13.9. The maximum atomic E-state index is 12.8. The molecule has 0 aliphatic heterocycles. The fourth-order valence-corrected chi connectivity index (χ4v) is 2.90. The summed E-state index contributed by atoms with van der Waals surface area (Å²) < 4.78 is 140. The number of rotatable bonds is 3. The highest BCUT2D eigenvalue weighted by Crippen LogP contribution is 2.36. The zero-order chi connectivity index (χ0) is 21.5. The SMILES string of the molecule is O=S(=O)(Nc1cc(C(F)(F)F)cc(C(F)(F)F)n1)c1ccc(C(F)(F)F)cc1. The predicted octanol–water partition coefficient (Wildman–Crippen LogP) is 4.94. The number of alkyl halides is 9. The number of hydrogen-bond acceptors (Lipinski definition) is 3. The molecule has 0 spiro atoms. The van der Waals surface area contributed by atoms with Crippen LogP contribution in [-0.4, -0.2) is 13.4 Å². The lowest BCUT2D eigenvalue weighted by Crippen LogP contribution is -2.18. The summed E-state index contributed by atoms with van der Waals surface area (Å²) in [6.45, 7) is 0. The zero-order valence-electron chi connectivity index (χ0n) is 13.0. The summed E-state index contributed by atoms with van der Waals surface area (Å²) >= 11 is 0. The van der Waals surface area contributed by atoms with Crippen LogP contribution in [0.5, 0.6) is 0 Å². The van der Waals surface area contributed by atoms with Gasteiger partial charge in [0, 0.05) is 0 Å². The van der Waals surface area contributed by atoms with Gasteiger partial charge in [-0.1, -0.05) is 0 Å². The Morgan fingerprint density at radius 3 is 1.64 bits per heavy atom. The first-order valence-electron chi connectivity index (χ1n) is 6.87. The number of sulfonamides is 1. The first-order chi connectivity index (χ1) is 12.5. The molecule has 4 nitrogen and oxygen atoms in total. The van der Waals surface area contributed by atoms with E-state index in [0.29, 0.717) is 24.3 Å². The number of nitrogens with one attached hydrogen (secondary N) is 1. The van der Waals surface area contributed by atoms with Gasteiger partial charge in [-0.2, -0.15) is 39.5 Å². The van der Waals surface area contributed by atoms with E-state index in [1.54, 1.807) is 0 Å². The predicted molar refractivity (Wildman–Crippen MR) is 76.5 cm³/mol. The molecule has 2 rings (SSSR count). The van der Waals surface area contributed by atoms with Crippen molar-refractivity contribution < 1.29 is 47.9 Å². The van der Waals surface area contributed by atoms with E-state index in [4.69, 9.17) is 0 Å². The molecule has 0 saturated carbocycles. The van der Waals surface area contributed by atoms with Gasteiger partial charge in [0.2, 0.25) is 0 Å². The number of halogens is 9. The Labute approximate surface area is 151 Å². The fourth-order valence-electron chi connectivity index (χ4n) is 1.91. The van der Waals surface area contributed by atoms with Crippen molar-refractivity contribution in [3.63, 3.8) is 0 Å². The number of benzene rings is 1. The first kappa shape index (κ1) is 21.8. The monoisotopic (exact) mass is 438 g/mol. The van der Waals surface area contributed by atoms with Crippen molar-refractivity contribution in [1.82, 2.24) is 4.98 Å². The Kier molecular flexibility index (Phi) is 5.31. The summed E-state index contributed by atoms with van der Waals surface area (Å²) in [7, 11) is -4.81. The minimum absolute atomic E-state index is 0.0247. The van der Waals surface area contributed by atoms with Gasteiger partial charge < -0.3 is 0 Å². The Morgan fingerprint density at radius 1 is 0.714 bits per heavy atom. The number of pyridine rings is 1. The average Bonchev–Trinajstić information content (AvgIpc) is 2.52. The first-order valence-corrected chi connectivity index (χ1v) is 8.35. The molecule has 0 saturated heterocycles. The minimum atomic E-state index is -5.31. The summed E-state index contributed by atoms with van der Waals surface area (Å²) in [6, 6.07) is 1.46. The second-order valence-electron chi connectivity index (χ2n) is 5.25. The van der Waals surface area contributed by atoms with Gasteiger partial charge in [-0.25, -0.2) is 13.4 Å². The molecule has 1 heterocycles. The third kappa shape index (κ3) is 5.05. The van der Waals surface area contributed by atoms with Crippen LogP contribution in [0.2, 0.25) is 0 Å². The van der Waals surface area contributed by atoms with Gasteiger partial charge in [-0.3, -0.25) is 4.72 Å². The van der Waals surface area contributed by atoms with E-state index in [-0.39, 0.29) is 12.1 Å². The average molecular weight is 438 g/mol. The van der Waals surface area contributed by atoms with Gasteiger partial charge >= 0.3 is 18.5 Å². The Balaban J connectivity index is 2.45. The van der Waals surface area contributed by atoms with Crippen LogP contribution in [0.3, 0.4) is 0 Å². The van der Waals surface area contributed by atoms with Crippen molar-refractivity contribution in [2.75, 3.05) is 4.72 Å². The molecule has 1 aromatic carbocycles. The Hall–Kier alpha value is -2.51. The van der Waals surface area contributed by atoms with E-state index < -0.39 is 56.1 Å². The van der Waals surface area contributed by atoms with E-state index in [9.17, 15) is 47.9 Å². The van der Waals surface area contributed by atoms with Crippen LogP contribution in [0.25, 0.3) is 0 Å². The van der Waals surface area contributed by atoms with Crippen LogP contribution in [0.1, 0.15) is 16.8 Å². The highest BCUT2D eigenvalue weighted by atomic mass is 32.2. The third-order valence-electron chi connectivity index (χ3n) is 3.17. The van der Waals surface area contributed by atoms with Gasteiger partial charge in [0.15, 0.2) is 0 Å². The van der Waals surface area contributed by atoms with Crippen LogP contribution < -0.4 is 4.72 Å². The van der Waals surface area contributed by atoms with Gasteiger partial charge in [-0.05, 0) is 36.4 Å². The number of anilines is 1. The lowest BCUT2D eigenvalue weighted by Gasteiger charge is -2.14. The molecular weight excluding hydrogens is 431 g/mol. The van der Waals surface area contributed by atoms with Crippen molar-refractivity contribution >= 4 is 15.8 Å². The van der Waals surface area contributed by atoms with E-state index in [2.05, 4.69) is 4.98 Å². The molecule has 1 aromatic heterocycles. The summed E-state index contributed by atoms with van der Waals surface area (Å²) in [4.78, 5) is 1.96. The molecule has 14 heteroatoms. The quantitative estimate of drug-likeness (QED) is 0.691. The Bertz CT molecular complexity index is 930. The van der Waals surface area contributed by atoms with Crippen LogP contribution in [0.4, 0.5) is 45.3 Å². The van der Waals surface area contributed by atoms with E-state index in [1.165, 1.54) is 4.72 Å². The molecule has 2 aromatic rings. The second kappa shape index (κ2) is 6.83. The molecule has 0 atom stereocenters. The lowest BCUT2D eigenvalue weighted by atomic mass is 10.2. The molecule has 0 radical (unpaired) electrons. The standard InChI is InChI=1S/C14H7F9N2O2S/c15-12(16,17)7-1-3-9(4-2-7)28(26,27)25-11-6-8(13(18,19)20)5-10(24-11)14(21,22)23/h1-6H,(H,24,25). The molecular formula is C14H7F9N2O2S. The number of aromatic nitrogens is 1. The smallest absolute Gasteiger partial charge is 0.263 e. The molecule has 0 fully saturated rings. The molecule has 28 heavy (non-hydrogen) atoms. The normalized spacial score (nSPS) is 13.5. The van der Waals surface area contributed by atoms with Crippen molar-refractivity contribution in [1.29, 1.82) is 0 Å².